The molecule has 7 nitrogen and oxygen atoms in total. The Hall–Kier alpha value is -2.68. The summed E-state index contributed by atoms with van der Waals surface area (Å²) in [5.74, 6) is 1.05. The van der Waals surface area contributed by atoms with Crippen LogP contribution < -0.4 is 14.4 Å². The number of amides is 1. The zero-order valence-corrected chi connectivity index (χ0v) is 20.3. The lowest BCUT2D eigenvalue weighted by Gasteiger charge is -2.27. The first kappa shape index (κ1) is 23.5. The van der Waals surface area contributed by atoms with Gasteiger partial charge in [-0.15, -0.1) is 0 Å². The molecule has 0 atom stereocenters. The van der Waals surface area contributed by atoms with E-state index in [-0.39, 0.29) is 12.5 Å². The second-order valence-electron chi connectivity index (χ2n) is 8.17. The van der Waals surface area contributed by atoms with Crippen LogP contribution in [0.1, 0.15) is 17.5 Å². The molecule has 4 rings (SSSR count). The number of morpholine rings is 1. The molecule has 1 aromatic heterocycles. The van der Waals surface area contributed by atoms with Crippen LogP contribution in [0, 0.1) is 13.8 Å². The number of aromatic nitrogens is 1. The first-order valence-corrected chi connectivity index (χ1v) is 12.1. The normalized spacial score (nSPS) is 14.4. The summed E-state index contributed by atoms with van der Waals surface area (Å²) in [7, 11) is 1.59. The van der Waals surface area contributed by atoms with E-state index in [1.807, 2.05) is 18.2 Å². The average molecular weight is 470 g/mol. The number of rotatable bonds is 9. The van der Waals surface area contributed by atoms with Gasteiger partial charge < -0.3 is 14.2 Å². The molecule has 1 amide bonds. The Morgan fingerprint density at radius 1 is 1.12 bits per heavy atom. The number of thiazole rings is 1. The summed E-state index contributed by atoms with van der Waals surface area (Å²) >= 11 is 1.57. The molecule has 0 radical (unpaired) electrons. The van der Waals surface area contributed by atoms with Crippen molar-refractivity contribution in [2.24, 2.45) is 0 Å². The molecule has 8 heteroatoms. The fourth-order valence-corrected chi connectivity index (χ4v) is 5.08. The molecule has 1 fully saturated rings. The maximum Gasteiger partial charge on any atom is 0.266 e. The summed E-state index contributed by atoms with van der Waals surface area (Å²) < 4.78 is 17.8. The standard InChI is InChI=1S/C25H31N3O4S/c1-18-9-10-19(2)24-23(18)26-25(33-24)28(12-6-11-27-13-15-31-16-14-27)22(29)17-32-21-8-5-4-7-20(21)30-3/h4-5,7-10H,6,11-17H2,1-3H3. The van der Waals surface area contributed by atoms with Crippen molar-refractivity contribution >= 4 is 32.6 Å². The van der Waals surface area contributed by atoms with Crippen molar-refractivity contribution in [3.05, 3.63) is 47.5 Å². The molecule has 2 aromatic carbocycles. The van der Waals surface area contributed by atoms with Gasteiger partial charge in [-0.2, -0.15) is 0 Å². The van der Waals surface area contributed by atoms with Gasteiger partial charge in [0.05, 0.1) is 30.5 Å². The molecule has 2 heterocycles. The van der Waals surface area contributed by atoms with Crippen molar-refractivity contribution < 1.29 is 19.0 Å². The van der Waals surface area contributed by atoms with Crippen molar-refractivity contribution in [2.75, 3.05) is 58.0 Å². The average Bonchev–Trinajstić information content (AvgIpc) is 3.30. The Bertz CT molecular complexity index is 1060. The second kappa shape index (κ2) is 11.0. The van der Waals surface area contributed by atoms with Crippen LogP contribution in [-0.2, 0) is 9.53 Å². The third-order valence-electron chi connectivity index (χ3n) is 5.84. The number of nitrogens with zero attached hydrogens (tertiary/aromatic N) is 3. The fourth-order valence-electron chi connectivity index (χ4n) is 3.92. The second-order valence-corrected chi connectivity index (χ2v) is 9.14. The number of aryl methyl sites for hydroxylation is 2. The minimum absolute atomic E-state index is 0.0776. The van der Waals surface area contributed by atoms with Crippen molar-refractivity contribution in [1.29, 1.82) is 0 Å². The fraction of sp³-hybridized carbons (Fsp3) is 0.440. The van der Waals surface area contributed by atoms with Gasteiger partial charge in [0.1, 0.15) is 0 Å². The van der Waals surface area contributed by atoms with Crippen LogP contribution >= 0.6 is 11.3 Å². The Labute approximate surface area is 198 Å². The van der Waals surface area contributed by atoms with E-state index in [2.05, 4.69) is 30.9 Å². The molecule has 1 aliphatic rings. The summed E-state index contributed by atoms with van der Waals surface area (Å²) in [5.41, 5.74) is 3.25. The van der Waals surface area contributed by atoms with Crippen LogP contribution in [-0.4, -0.2) is 68.9 Å². The Morgan fingerprint density at radius 3 is 2.58 bits per heavy atom. The first-order valence-electron chi connectivity index (χ1n) is 11.3. The molecule has 0 aliphatic carbocycles. The molecule has 33 heavy (non-hydrogen) atoms. The largest absolute Gasteiger partial charge is 0.493 e. The highest BCUT2D eigenvalue weighted by Crippen LogP contribution is 2.33. The van der Waals surface area contributed by atoms with Gasteiger partial charge in [0.25, 0.3) is 5.91 Å². The first-order chi connectivity index (χ1) is 16.1. The molecule has 0 saturated carbocycles. The van der Waals surface area contributed by atoms with Gasteiger partial charge in [-0.1, -0.05) is 35.6 Å². The van der Waals surface area contributed by atoms with Crippen molar-refractivity contribution in [3.63, 3.8) is 0 Å². The topological polar surface area (TPSA) is 64.1 Å². The van der Waals surface area contributed by atoms with Gasteiger partial charge in [0.15, 0.2) is 23.2 Å². The molecule has 0 bridgehead atoms. The number of carbonyl (C=O) groups excluding carboxylic acids is 1. The minimum Gasteiger partial charge on any atom is -0.493 e. The zero-order valence-electron chi connectivity index (χ0n) is 19.5. The van der Waals surface area contributed by atoms with Crippen LogP contribution in [0.4, 0.5) is 5.13 Å². The van der Waals surface area contributed by atoms with E-state index in [4.69, 9.17) is 19.2 Å². The van der Waals surface area contributed by atoms with E-state index in [9.17, 15) is 4.79 Å². The summed E-state index contributed by atoms with van der Waals surface area (Å²) in [5, 5.41) is 0.720. The van der Waals surface area contributed by atoms with Crippen LogP contribution in [0.2, 0.25) is 0 Å². The summed E-state index contributed by atoms with van der Waals surface area (Å²) in [6, 6.07) is 11.5. The molecular weight excluding hydrogens is 438 g/mol. The van der Waals surface area contributed by atoms with Crippen LogP contribution in [0.5, 0.6) is 11.5 Å². The number of para-hydroxylation sites is 2. The van der Waals surface area contributed by atoms with E-state index in [0.29, 0.717) is 18.0 Å². The predicted octanol–water partition coefficient (Wildman–Crippen LogP) is 4.06. The SMILES string of the molecule is COc1ccccc1OCC(=O)N(CCCN1CCOCC1)c1nc2c(C)ccc(C)c2s1. The van der Waals surface area contributed by atoms with E-state index < -0.39 is 0 Å². The van der Waals surface area contributed by atoms with E-state index >= 15 is 0 Å². The highest BCUT2D eigenvalue weighted by molar-refractivity contribution is 7.22. The molecule has 1 aliphatic heterocycles. The van der Waals surface area contributed by atoms with E-state index in [0.717, 1.165) is 60.2 Å². The maximum atomic E-state index is 13.3. The lowest BCUT2D eigenvalue weighted by Crippen LogP contribution is -2.40. The monoisotopic (exact) mass is 469 g/mol. The van der Waals surface area contributed by atoms with Crippen molar-refractivity contribution in [1.82, 2.24) is 9.88 Å². The molecule has 0 N–H and O–H groups in total. The van der Waals surface area contributed by atoms with Gasteiger partial charge in [-0.25, -0.2) is 4.98 Å². The quantitative estimate of drug-likeness (QED) is 0.471. The van der Waals surface area contributed by atoms with Gasteiger partial charge >= 0.3 is 0 Å². The zero-order chi connectivity index (χ0) is 23.2. The summed E-state index contributed by atoms with van der Waals surface area (Å²) in [4.78, 5) is 22.4. The van der Waals surface area contributed by atoms with Gasteiger partial charge in [0.2, 0.25) is 0 Å². The van der Waals surface area contributed by atoms with Crippen LogP contribution in [0.15, 0.2) is 36.4 Å². The third-order valence-corrected chi connectivity index (χ3v) is 7.06. The van der Waals surface area contributed by atoms with Gasteiger partial charge in [0, 0.05) is 26.2 Å². The lowest BCUT2D eigenvalue weighted by molar-refractivity contribution is -0.120. The van der Waals surface area contributed by atoms with Gasteiger partial charge in [-0.05, 0) is 43.5 Å². The highest BCUT2D eigenvalue weighted by Gasteiger charge is 2.22. The van der Waals surface area contributed by atoms with E-state index in [1.54, 1.807) is 29.4 Å². The predicted molar refractivity (Wildman–Crippen MR) is 132 cm³/mol. The molecule has 0 spiro atoms. The Morgan fingerprint density at radius 2 is 1.85 bits per heavy atom. The smallest absolute Gasteiger partial charge is 0.266 e. The molecule has 0 unspecified atom stereocenters. The summed E-state index contributed by atoms with van der Waals surface area (Å²) in [6.07, 6.45) is 0.855. The Kier molecular flexibility index (Phi) is 7.80. The number of ether oxygens (including phenoxy) is 3. The maximum absolute atomic E-state index is 13.3. The van der Waals surface area contributed by atoms with Crippen molar-refractivity contribution in [2.45, 2.75) is 20.3 Å². The lowest BCUT2D eigenvalue weighted by atomic mass is 10.1. The summed E-state index contributed by atoms with van der Waals surface area (Å²) in [6.45, 7) is 8.98. The molecular formula is C25H31N3O4S. The van der Waals surface area contributed by atoms with Crippen LogP contribution in [0.3, 0.4) is 0 Å². The highest BCUT2D eigenvalue weighted by atomic mass is 32.1. The number of hydrogen-bond acceptors (Lipinski definition) is 7. The number of hydrogen-bond donors (Lipinski definition) is 0. The van der Waals surface area contributed by atoms with Crippen molar-refractivity contribution in [3.8, 4) is 11.5 Å². The minimum atomic E-state index is -0.114. The van der Waals surface area contributed by atoms with Crippen LogP contribution in [0.25, 0.3) is 10.2 Å². The Balaban J connectivity index is 1.52. The van der Waals surface area contributed by atoms with E-state index in [1.165, 1.54) is 5.56 Å². The number of methoxy groups -OCH3 is 1. The number of anilines is 1. The molecule has 176 valence electrons. The molecule has 1 saturated heterocycles. The number of carbonyl (C=O) groups is 1. The number of fused-ring (bicyclic) bond motifs is 1. The third kappa shape index (κ3) is 5.63. The molecule has 3 aromatic rings. The number of benzene rings is 2. The van der Waals surface area contributed by atoms with Gasteiger partial charge in [-0.3, -0.25) is 14.6 Å².